The van der Waals surface area contributed by atoms with Gasteiger partial charge in [0.05, 0.1) is 6.42 Å². The highest BCUT2D eigenvalue weighted by Crippen LogP contribution is 2.09. The number of aliphatic carboxylic acids is 1. The second-order valence-corrected chi connectivity index (χ2v) is 4.15. The largest absolute Gasteiger partial charge is 0.481 e. The van der Waals surface area contributed by atoms with E-state index in [1.54, 1.807) is 0 Å². The molecule has 0 radical (unpaired) electrons. The maximum atomic E-state index is 11.7. The van der Waals surface area contributed by atoms with Crippen molar-refractivity contribution in [1.82, 2.24) is 5.32 Å². The van der Waals surface area contributed by atoms with Crippen LogP contribution in [0, 0.1) is 0 Å². The summed E-state index contributed by atoms with van der Waals surface area (Å²) < 4.78 is 0. The van der Waals surface area contributed by atoms with Crippen LogP contribution in [0.3, 0.4) is 0 Å². The molecule has 1 amide bonds. The fraction of sp³-hybridized carbons (Fsp3) is 0.429. The molecule has 0 aliphatic rings. The van der Waals surface area contributed by atoms with E-state index in [1.165, 1.54) is 5.56 Å². The standard InChI is InChI=1S/C14H19NO3/c1-2-11-6-3-4-7-12(11)10-13(16)15-9-5-8-14(17)18/h3-4,6-7H,2,5,8-10H2,1H3,(H,15,16)(H,17,18). The van der Waals surface area contributed by atoms with Crippen molar-refractivity contribution in [1.29, 1.82) is 0 Å². The average molecular weight is 249 g/mol. The van der Waals surface area contributed by atoms with Gasteiger partial charge >= 0.3 is 5.97 Å². The van der Waals surface area contributed by atoms with E-state index in [4.69, 9.17) is 5.11 Å². The molecular formula is C14H19NO3. The fourth-order valence-corrected chi connectivity index (χ4v) is 1.78. The number of nitrogens with one attached hydrogen (secondary N) is 1. The van der Waals surface area contributed by atoms with E-state index in [0.717, 1.165) is 12.0 Å². The smallest absolute Gasteiger partial charge is 0.303 e. The number of carbonyl (C=O) groups is 2. The number of amides is 1. The highest BCUT2D eigenvalue weighted by atomic mass is 16.4. The summed E-state index contributed by atoms with van der Waals surface area (Å²) in [6.07, 6.45) is 1.82. The number of benzene rings is 1. The Morgan fingerprint density at radius 3 is 2.50 bits per heavy atom. The summed E-state index contributed by atoms with van der Waals surface area (Å²) in [5.41, 5.74) is 2.22. The van der Waals surface area contributed by atoms with Crippen molar-refractivity contribution < 1.29 is 14.7 Å². The number of rotatable bonds is 7. The van der Waals surface area contributed by atoms with Crippen molar-refractivity contribution in [2.75, 3.05) is 6.54 Å². The molecule has 4 heteroatoms. The van der Waals surface area contributed by atoms with Gasteiger partial charge in [0.2, 0.25) is 5.91 Å². The molecule has 2 N–H and O–H groups in total. The molecule has 0 bridgehead atoms. The van der Waals surface area contributed by atoms with Gasteiger partial charge in [-0.1, -0.05) is 31.2 Å². The van der Waals surface area contributed by atoms with Crippen molar-refractivity contribution in [3.63, 3.8) is 0 Å². The van der Waals surface area contributed by atoms with Crippen LogP contribution in [-0.4, -0.2) is 23.5 Å². The lowest BCUT2D eigenvalue weighted by Gasteiger charge is -2.08. The molecule has 4 nitrogen and oxygen atoms in total. The van der Waals surface area contributed by atoms with Crippen LogP contribution < -0.4 is 5.32 Å². The minimum atomic E-state index is -0.833. The van der Waals surface area contributed by atoms with E-state index in [2.05, 4.69) is 12.2 Å². The molecule has 1 rings (SSSR count). The van der Waals surface area contributed by atoms with E-state index in [1.807, 2.05) is 24.3 Å². The van der Waals surface area contributed by atoms with Crippen LogP contribution in [-0.2, 0) is 22.4 Å². The highest BCUT2D eigenvalue weighted by Gasteiger charge is 2.06. The Balaban J connectivity index is 2.37. The summed E-state index contributed by atoms with van der Waals surface area (Å²) in [7, 11) is 0. The van der Waals surface area contributed by atoms with Gasteiger partial charge in [-0.05, 0) is 24.0 Å². The predicted molar refractivity (Wildman–Crippen MR) is 69.4 cm³/mol. The van der Waals surface area contributed by atoms with Gasteiger partial charge < -0.3 is 10.4 Å². The maximum Gasteiger partial charge on any atom is 0.303 e. The Hall–Kier alpha value is -1.84. The van der Waals surface area contributed by atoms with Crippen molar-refractivity contribution >= 4 is 11.9 Å². The Kier molecular flexibility index (Phi) is 5.91. The first kappa shape index (κ1) is 14.2. The summed E-state index contributed by atoms with van der Waals surface area (Å²) in [6.45, 7) is 2.48. The second kappa shape index (κ2) is 7.48. The third kappa shape index (κ3) is 4.99. The Bertz CT molecular complexity index is 415. The molecule has 0 unspecified atom stereocenters. The zero-order chi connectivity index (χ0) is 13.4. The Morgan fingerprint density at radius 1 is 1.22 bits per heavy atom. The topological polar surface area (TPSA) is 66.4 Å². The number of carboxylic acids is 1. The van der Waals surface area contributed by atoms with Gasteiger partial charge in [0.25, 0.3) is 0 Å². The maximum absolute atomic E-state index is 11.7. The third-order valence-corrected chi connectivity index (χ3v) is 2.74. The molecule has 0 aliphatic carbocycles. The summed E-state index contributed by atoms with van der Waals surface area (Å²) in [5.74, 6) is -0.887. The van der Waals surface area contributed by atoms with Crippen molar-refractivity contribution in [2.45, 2.75) is 32.6 Å². The lowest BCUT2D eigenvalue weighted by atomic mass is 10.0. The summed E-state index contributed by atoms with van der Waals surface area (Å²) in [6, 6.07) is 7.86. The molecule has 18 heavy (non-hydrogen) atoms. The molecule has 0 saturated heterocycles. The molecule has 1 aromatic carbocycles. The summed E-state index contributed by atoms with van der Waals surface area (Å²) >= 11 is 0. The van der Waals surface area contributed by atoms with Crippen molar-refractivity contribution in [3.05, 3.63) is 35.4 Å². The number of carbonyl (C=O) groups excluding carboxylic acids is 1. The van der Waals surface area contributed by atoms with Gasteiger partial charge in [0.1, 0.15) is 0 Å². The predicted octanol–water partition coefficient (Wildman–Crippen LogP) is 1.77. The molecule has 0 heterocycles. The van der Waals surface area contributed by atoms with Gasteiger partial charge in [0, 0.05) is 13.0 Å². The minimum Gasteiger partial charge on any atom is -0.481 e. The molecular weight excluding hydrogens is 230 g/mol. The Labute approximate surface area is 107 Å². The Morgan fingerprint density at radius 2 is 1.89 bits per heavy atom. The number of hydrogen-bond acceptors (Lipinski definition) is 2. The quantitative estimate of drug-likeness (QED) is 0.724. The highest BCUT2D eigenvalue weighted by molar-refractivity contribution is 5.79. The number of carboxylic acid groups (broad SMARTS) is 1. The summed E-state index contributed by atoms with van der Waals surface area (Å²) in [5, 5.41) is 11.2. The van der Waals surface area contributed by atoms with E-state index >= 15 is 0 Å². The van der Waals surface area contributed by atoms with Crippen LogP contribution in [0.25, 0.3) is 0 Å². The van der Waals surface area contributed by atoms with Crippen molar-refractivity contribution in [3.8, 4) is 0 Å². The molecule has 0 aliphatic heterocycles. The molecule has 0 fully saturated rings. The second-order valence-electron chi connectivity index (χ2n) is 4.15. The molecule has 0 saturated carbocycles. The molecule has 0 aromatic heterocycles. The van der Waals surface area contributed by atoms with E-state index < -0.39 is 5.97 Å². The van der Waals surface area contributed by atoms with Crippen LogP contribution in [0.2, 0.25) is 0 Å². The van der Waals surface area contributed by atoms with E-state index in [9.17, 15) is 9.59 Å². The SMILES string of the molecule is CCc1ccccc1CC(=O)NCCCC(=O)O. The minimum absolute atomic E-state index is 0.0544. The van der Waals surface area contributed by atoms with Gasteiger partial charge in [-0.25, -0.2) is 0 Å². The first-order chi connectivity index (χ1) is 8.63. The third-order valence-electron chi connectivity index (χ3n) is 2.74. The lowest BCUT2D eigenvalue weighted by Crippen LogP contribution is -2.26. The normalized spacial score (nSPS) is 10.1. The number of aryl methyl sites for hydroxylation is 1. The fourth-order valence-electron chi connectivity index (χ4n) is 1.78. The molecule has 1 aromatic rings. The zero-order valence-corrected chi connectivity index (χ0v) is 10.6. The van der Waals surface area contributed by atoms with Crippen LogP contribution in [0.15, 0.2) is 24.3 Å². The molecule has 0 spiro atoms. The van der Waals surface area contributed by atoms with Crippen LogP contribution >= 0.6 is 0 Å². The van der Waals surface area contributed by atoms with Gasteiger partial charge in [-0.2, -0.15) is 0 Å². The monoisotopic (exact) mass is 249 g/mol. The lowest BCUT2D eigenvalue weighted by molar-refractivity contribution is -0.137. The van der Waals surface area contributed by atoms with Crippen LogP contribution in [0.4, 0.5) is 0 Å². The van der Waals surface area contributed by atoms with E-state index in [0.29, 0.717) is 19.4 Å². The van der Waals surface area contributed by atoms with Crippen LogP contribution in [0.5, 0.6) is 0 Å². The van der Waals surface area contributed by atoms with E-state index in [-0.39, 0.29) is 12.3 Å². The molecule has 98 valence electrons. The first-order valence-corrected chi connectivity index (χ1v) is 6.18. The van der Waals surface area contributed by atoms with Gasteiger partial charge in [0.15, 0.2) is 0 Å². The zero-order valence-electron chi connectivity index (χ0n) is 10.6. The molecule has 0 atom stereocenters. The van der Waals surface area contributed by atoms with Gasteiger partial charge in [-0.3, -0.25) is 9.59 Å². The summed E-state index contributed by atoms with van der Waals surface area (Å²) in [4.78, 5) is 22.0. The average Bonchev–Trinajstić information content (AvgIpc) is 2.35. The number of hydrogen-bond donors (Lipinski definition) is 2. The van der Waals surface area contributed by atoms with Gasteiger partial charge in [-0.15, -0.1) is 0 Å². The van der Waals surface area contributed by atoms with Crippen LogP contribution in [0.1, 0.15) is 30.9 Å². The first-order valence-electron chi connectivity index (χ1n) is 6.18. The van der Waals surface area contributed by atoms with Crippen molar-refractivity contribution in [2.24, 2.45) is 0 Å².